The second-order valence-electron chi connectivity index (χ2n) is 5.55. The van der Waals surface area contributed by atoms with Crippen molar-refractivity contribution in [2.24, 2.45) is 0 Å². The Bertz CT molecular complexity index is 1030. The molecule has 1 amide bonds. The van der Waals surface area contributed by atoms with Gasteiger partial charge in [-0.05, 0) is 18.2 Å². The molecule has 3 rings (SSSR count). The van der Waals surface area contributed by atoms with Gasteiger partial charge in [0, 0.05) is 25.2 Å². The van der Waals surface area contributed by atoms with Crippen molar-refractivity contribution in [1.82, 2.24) is 14.5 Å². The summed E-state index contributed by atoms with van der Waals surface area (Å²) < 4.78 is 25.5. The molecule has 9 heteroatoms. The zero-order valence-electron chi connectivity index (χ0n) is 14.1. The van der Waals surface area contributed by atoms with Gasteiger partial charge in [-0.2, -0.15) is 0 Å². The highest BCUT2D eigenvalue weighted by Gasteiger charge is 2.19. The lowest BCUT2D eigenvalue weighted by molar-refractivity contribution is 0.102. The maximum atomic E-state index is 12.4. The lowest BCUT2D eigenvalue weighted by atomic mass is 10.2. The van der Waals surface area contributed by atoms with E-state index in [4.69, 9.17) is 0 Å². The predicted octanol–water partition coefficient (Wildman–Crippen LogP) is 2.71. The van der Waals surface area contributed by atoms with Crippen molar-refractivity contribution in [2.75, 3.05) is 19.4 Å². The van der Waals surface area contributed by atoms with Crippen LogP contribution in [0.3, 0.4) is 0 Å². The Morgan fingerprint density at radius 1 is 1.04 bits per heavy atom. The van der Waals surface area contributed by atoms with Crippen LogP contribution >= 0.6 is 11.3 Å². The molecule has 1 N–H and O–H groups in total. The van der Waals surface area contributed by atoms with Gasteiger partial charge in [-0.3, -0.25) is 10.1 Å². The maximum absolute atomic E-state index is 12.4. The third kappa shape index (κ3) is 3.79. The van der Waals surface area contributed by atoms with Gasteiger partial charge in [0.2, 0.25) is 15.2 Å². The molecule has 0 radical (unpaired) electrons. The SMILES string of the molecule is CN(C)S(=O)(=O)c1cccc(C(=O)Nc2nnc(-c3ccccc3)s2)c1. The molecule has 1 aromatic heterocycles. The Kier molecular flexibility index (Phi) is 5.12. The molecule has 7 nitrogen and oxygen atoms in total. The first kappa shape index (κ1) is 18.2. The molecule has 0 unspecified atom stereocenters. The van der Waals surface area contributed by atoms with Crippen LogP contribution in [0.1, 0.15) is 10.4 Å². The fourth-order valence-electron chi connectivity index (χ4n) is 2.15. The summed E-state index contributed by atoms with van der Waals surface area (Å²) in [6.07, 6.45) is 0. The monoisotopic (exact) mass is 388 g/mol. The number of anilines is 1. The first-order valence-electron chi connectivity index (χ1n) is 7.61. The average molecular weight is 388 g/mol. The van der Waals surface area contributed by atoms with Crippen molar-refractivity contribution < 1.29 is 13.2 Å². The van der Waals surface area contributed by atoms with E-state index in [2.05, 4.69) is 15.5 Å². The molecule has 0 aliphatic carbocycles. The molecular formula is C17H16N4O3S2. The van der Waals surface area contributed by atoms with Crippen LogP contribution < -0.4 is 5.32 Å². The van der Waals surface area contributed by atoms with Gasteiger partial charge in [0.25, 0.3) is 5.91 Å². The Hall–Kier alpha value is -2.62. The van der Waals surface area contributed by atoms with E-state index in [-0.39, 0.29) is 10.5 Å². The van der Waals surface area contributed by atoms with Gasteiger partial charge in [-0.1, -0.05) is 47.7 Å². The molecule has 26 heavy (non-hydrogen) atoms. The van der Waals surface area contributed by atoms with Crippen LogP contribution in [-0.4, -0.2) is 42.9 Å². The fraction of sp³-hybridized carbons (Fsp3) is 0.118. The van der Waals surface area contributed by atoms with E-state index in [1.54, 1.807) is 6.07 Å². The van der Waals surface area contributed by atoms with Crippen LogP contribution in [0.2, 0.25) is 0 Å². The molecule has 0 saturated heterocycles. The van der Waals surface area contributed by atoms with Crippen LogP contribution in [0.4, 0.5) is 5.13 Å². The molecule has 0 aliphatic rings. The highest BCUT2D eigenvalue weighted by Crippen LogP contribution is 2.26. The zero-order valence-corrected chi connectivity index (χ0v) is 15.7. The summed E-state index contributed by atoms with van der Waals surface area (Å²) in [4.78, 5) is 12.5. The van der Waals surface area contributed by atoms with Crippen molar-refractivity contribution in [1.29, 1.82) is 0 Å². The number of benzene rings is 2. The van der Waals surface area contributed by atoms with Crippen LogP contribution in [0.25, 0.3) is 10.6 Å². The number of sulfonamides is 1. The quantitative estimate of drug-likeness (QED) is 0.725. The second-order valence-corrected chi connectivity index (χ2v) is 8.68. The topological polar surface area (TPSA) is 92.3 Å². The highest BCUT2D eigenvalue weighted by molar-refractivity contribution is 7.89. The first-order valence-corrected chi connectivity index (χ1v) is 9.86. The third-order valence-electron chi connectivity index (χ3n) is 3.54. The Balaban J connectivity index is 1.80. The number of carbonyl (C=O) groups excluding carboxylic acids is 1. The van der Waals surface area contributed by atoms with Crippen LogP contribution in [0.15, 0.2) is 59.5 Å². The molecule has 134 valence electrons. The lowest BCUT2D eigenvalue weighted by Crippen LogP contribution is -2.22. The van der Waals surface area contributed by atoms with Gasteiger partial charge in [0.05, 0.1) is 4.90 Å². The van der Waals surface area contributed by atoms with Gasteiger partial charge in [0.1, 0.15) is 5.01 Å². The van der Waals surface area contributed by atoms with Crippen LogP contribution in [0, 0.1) is 0 Å². The van der Waals surface area contributed by atoms with Gasteiger partial charge in [0.15, 0.2) is 0 Å². The highest BCUT2D eigenvalue weighted by atomic mass is 32.2. The minimum Gasteiger partial charge on any atom is -0.296 e. The second kappa shape index (κ2) is 7.32. The molecular weight excluding hydrogens is 372 g/mol. The molecule has 3 aromatic rings. The molecule has 0 atom stereocenters. The third-order valence-corrected chi connectivity index (χ3v) is 6.24. The average Bonchev–Trinajstić information content (AvgIpc) is 3.11. The van der Waals surface area contributed by atoms with Gasteiger partial charge < -0.3 is 0 Å². The van der Waals surface area contributed by atoms with E-state index in [9.17, 15) is 13.2 Å². The lowest BCUT2D eigenvalue weighted by Gasteiger charge is -2.12. The summed E-state index contributed by atoms with van der Waals surface area (Å²) in [5.41, 5.74) is 1.13. The molecule has 0 bridgehead atoms. The number of hydrogen-bond donors (Lipinski definition) is 1. The van der Waals surface area contributed by atoms with Crippen molar-refractivity contribution in [3.8, 4) is 10.6 Å². The van der Waals surface area contributed by atoms with Crippen molar-refractivity contribution in [3.63, 3.8) is 0 Å². The summed E-state index contributed by atoms with van der Waals surface area (Å²) in [6, 6.07) is 15.4. The Morgan fingerprint density at radius 2 is 1.77 bits per heavy atom. The smallest absolute Gasteiger partial charge is 0.257 e. The van der Waals surface area contributed by atoms with Gasteiger partial charge in [-0.25, -0.2) is 12.7 Å². The summed E-state index contributed by atoms with van der Waals surface area (Å²) >= 11 is 1.24. The number of carbonyl (C=O) groups is 1. The molecule has 2 aromatic carbocycles. The zero-order chi connectivity index (χ0) is 18.7. The van der Waals surface area contributed by atoms with Gasteiger partial charge >= 0.3 is 0 Å². The largest absolute Gasteiger partial charge is 0.296 e. The van der Waals surface area contributed by atoms with E-state index in [1.165, 1.54) is 43.6 Å². The van der Waals surface area contributed by atoms with Crippen molar-refractivity contribution in [3.05, 3.63) is 60.2 Å². The van der Waals surface area contributed by atoms with Crippen LogP contribution in [0.5, 0.6) is 0 Å². The van der Waals surface area contributed by atoms with E-state index in [0.717, 1.165) is 9.87 Å². The van der Waals surface area contributed by atoms with E-state index in [1.807, 2.05) is 30.3 Å². The summed E-state index contributed by atoms with van der Waals surface area (Å²) in [5, 5.41) is 11.7. The number of nitrogens with one attached hydrogen (secondary N) is 1. The molecule has 1 heterocycles. The fourth-order valence-corrected chi connectivity index (χ4v) is 3.84. The number of nitrogens with zero attached hydrogens (tertiary/aromatic N) is 3. The van der Waals surface area contributed by atoms with Crippen molar-refractivity contribution >= 4 is 32.4 Å². The van der Waals surface area contributed by atoms with E-state index >= 15 is 0 Å². The van der Waals surface area contributed by atoms with E-state index in [0.29, 0.717) is 10.1 Å². The number of amides is 1. The molecule has 0 aliphatic heterocycles. The summed E-state index contributed by atoms with van der Waals surface area (Å²) in [5.74, 6) is -0.448. The van der Waals surface area contributed by atoms with Crippen molar-refractivity contribution in [2.45, 2.75) is 4.90 Å². The van der Waals surface area contributed by atoms with Gasteiger partial charge in [-0.15, -0.1) is 10.2 Å². The normalized spacial score (nSPS) is 11.5. The number of aromatic nitrogens is 2. The predicted molar refractivity (Wildman–Crippen MR) is 101 cm³/mol. The maximum Gasteiger partial charge on any atom is 0.257 e. The van der Waals surface area contributed by atoms with Crippen LogP contribution in [-0.2, 0) is 10.0 Å². The number of rotatable bonds is 5. The summed E-state index contributed by atoms with van der Waals surface area (Å²) in [7, 11) is -0.732. The summed E-state index contributed by atoms with van der Waals surface area (Å²) in [6.45, 7) is 0. The van der Waals surface area contributed by atoms with E-state index < -0.39 is 15.9 Å². The molecule has 0 saturated carbocycles. The first-order chi connectivity index (χ1) is 12.4. The number of hydrogen-bond acceptors (Lipinski definition) is 6. The Labute approximate surface area is 155 Å². The molecule has 0 spiro atoms. The molecule has 0 fully saturated rings. The minimum absolute atomic E-state index is 0.0531. The minimum atomic E-state index is -3.61. The standard InChI is InChI=1S/C17H16N4O3S2/c1-21(2)26(23,24)14-10-6-9-13(11-14)15(22)18-17-20-19-16(25-17)12-7-4-3-5-8-12/h3-11H,1-2H3,(H,18,20,22). The Morgan fingerprint density at radius 3 is 2.46 bits per heavy atom.